The molecule has 0 amide bonds. The van der Waals surface area contributed by atoms with Crippen LogP contribution in [-0.4, -0.2) is 34.3 Å². The number of aliphatic hydroxyl groups excluding tert-OH is 1. The second-order valence-electron chi connectivity index (χ2n) is 3.91. The van der Waals surface area contributed by atoms with Gasteiger partial charge in [-0.2, -0.15) is 4.98 Å². The lowest BCUT2D eigenvalue weighted by atomic mass is 10.1. The maximum absolute atomic E-state index is 10.4. The predicted molar refractivity (Wildman–Crippen MR) is 68.2 cm³/mol. The smallest absolute Gasteiger partial charge is 0.241 e. The number of hydrogen-bond acceptors (Lipinski definition) is 6. The lowest BCUT2D eigenvalue weighted by molar-refractivity contribution is 0.201. The highest BCUT2D eigenvalue weighted by molar-refractivity contribution is 5.32. The molecule has 0 spiro atoms. The van der Waals surface area contributed by atoms with E-state index in [0.29, 0.717) is 17.3 Å². The van der Waals surface area contributed by atoms with Crippen molar-refractivity contribution in [3.63, 3.8) is 0 Å². The Labute approximate surface area is 111 Å². The average Bonchev–Trinajstić information content (AvgIpc) is 2.46. The zero-order chi connectivity index (χ0) is 13.8. The second kappa shape index (κ2) is 5.62. The summed E-state index contributed by atoms with van der Waals surface area (Å²) in [5, 5.41) is 10.4. The third kappa shape index (κ3) is 2.63. The van der Waals surface area contributed by atoms with Gasteiger partial charge in [-0.1, -0.05) is 6.07 Å². The van der Waals surface area contributed by atoms with Crippen molar-refractivity contribution >= 4 is 0 Å². The number of aryl methyl sites for hydroxylation is 1. The van der Waals surface area contributed by atoms with Crippen LogP contribution in [0.5, 0.6) is 11.8 Å². The van der Waals surface area contributed by atoms with Gasteiger partial charge in [0.1, 0.15) is 11.8 Å². The summed E-state index contributed by atoms with van der Waals surface area (Å²) in [5.74, 6) is 0.544. The molecule has 0 saturated heterocycles. The summed E-state index contributed by atoms with van der Waals surface area (Å²) in [6.07, 6.45) is 2.06. The fraction of sp³-hybridized carbons (Fsp3) is 0.308. The van der Waals surface area contributed by atoms with Crippen molar-refractivity contribution in [1.82, 2.24) is 15.0 Å². The molecule has 0 aromatic carbocycles. The van der Waals surface area contributed by atoms with Crippen LogP contribution in [0.3, 0.4) is 0 Å². The van der Waals surface area contributed by atoms with Crippen LogP contribution < -0.4 is 9.47 Å². The van der Waals surface area contributed by atoms with E-state index >= 15 is 0 Å². The predicted octanol–water partition coefficient (Wildman–Crippen LogP) is 1.28. The normalized spacial score (nSPS) is 12.0. The van der Waals surface area contributed by atoms with Gasteiger partial charge >= 0.3 is 0 Å². The van der Waals surface area contributed by atoms with E-state index in [4.69, 9.17) is 9.47 Å². The lowest BCUT2D eigenvalue weighted by Crippen LogP contribution is -2.10. The second-order valence-corrected chi connectivity index (χ2v) is 3.91. The molecule has 0 saturated carbocycles. The minimum atomic E-state index is -0.991. The van der Waals surface area contributed by atoms with Crippen LogP contribution in [0, 0.1) is 6.92 Å². The summed E-state index contributed by atoms with van der Waals surface area (Å²) in [6, 6.07) is 3.68. The Bertz CT molecular complexity index is 575. The number of nitrogens with zero attached hydrogens (tertiary/aromatic N) is 3. The van der Waals surface area contributed by atoms with E-state index in [0.717, 1.165) is 5.56 Å². The highest BCUT2D eigenvalue weighted by Crippen LogP contribution is 2.28. The molecule has 6 heteroatoms. The molecular weight excluding hydrogens is 246 g/mol. The minimum absolute atomic E-state index is 0.219. The average molecular weight is 261 g/mol. The molecule has 1 unspecified atom stereocenters. The number of aliphatic hydroxyl groups is 1. The molecule has 6 nitrogen and oxygen atoms in total. The molecule has 0 fully saturated rings. The van der Waals surface area contributed by atoms with Crippen LogP contribution >= 0.6 is 0 Å². The monoisotopic (exact) mass is 261 g/mol. The van der Waals surface area contributed by atoms with E-state index < -0.39 is 6.10 Å². The van der Waals surface area contributed by atoms with E-state index in [2.05, 4.69) is 15.0 Å². The number of pyridine rings is 1. The summed E-state index contributed by atoms with van der Waals surface area (Å²) >= 11 is 0. The third-order valence-electron chi connectivity index (χ3n) is 2.72. The van der Waals surface area contributed by atoms with Gasteiger partial charge in [0.25, 0.3) is 0 Å². The van der Waals surface area contributed by atoms with E-state index in [-0.39, 0.29) is 5.88 Å². The largest absolute Gasteiger partial charge is 0.480 e. The van der Waals surface area contributed by atoms with Crippen LogP contribution in [0.15, 0.2) is 24.5 Å². The Kier molecular flexibility index (Phi) is 3.91. The molecule has 100 valence electrons. The van der Waals surface area contributed by atoms with E-state index in [1.54, 1.807) is 6.20 Å². The Morgan fingerprint density at radius 2 is 1.95 bits per heavy atom. The van der Waals surface area contributed by atoms with Crippen LogP contribution in [0.2, 0.25) is 0 Å². The third-order valence-corrected chi connectivity index (χ3v) is 2.72. The van der Waals surface area contributed by atoms with Gasteiger partial charge in [0.15, 0.2) is 0 Å². The van der Waals surface area contributed by atoms with Gasteiger partial charge in [0, 0.05) is 6.20 Å². The molecule has 0 aliphatic rings. The topological polar surface area (TPSA) is 77.4 Å². The van der Waals surface area contributed by atoms with Crippen LogP contribution in [-0.2, 0) is 0 Å². The highest BCUT2D eigenvalue weighted by atomic mass is 16.5. The SMILES string of the molecule is COc1cnc(C(O)c2ncccc2C)c(OC)n1. The zero-order valence-corrected chi connectivity index (χ0v) is 11.0. The Hall–Kier alpha value is -2.21. The summed E-state index contributed by atoms with van der Waals surface area (Å²) in [6.45, 7) is 1.87. The molecule has 2 heterocycles. The number of hydrogen-bond donors (Lipinski definition) is 1. The fourth-order valence-corrected chi connectivity index (χ4v) is 1.72. The van der Waals surface area contributed by atoms with Gasteiger partial charge < -0.3 is 14.6 Å². The molecule has 19 heavy (non-hydrogen) atoms. The van der Waals surface area contributed by atoms with Crippen molar-refractivity contribution in [3.8, 4) is 11.8 Å². The summed E-state index contributed by atoms with van der Waals surface area (Å²) < 4.78 is 10.1. The first-order valence-corrected chi connectivity index (χ1v) is 5.72. The number of ether oxygens (including phenoxy) is 2. The summed E-state index contributed by atoms with van der Waals surface area (Å²) in [5.41, 5.74) is 1.71. The molecule has 0 aliphatic carbocycles. The van der Waals surface area contributed by atoms with Gasteiger partial charge in [0.05, 0.1) is 26.1 Å². The first kappa shape index (κ1) is 13.2. The molecule has 2 aromatic rings. The Morgan fingerprint density at radius 1 is 1.16 bits per heavy atom. The van der Waals surface area contributed by atoms with E-state index in [1.165, 1.54) is 20.4 Å². The Balaban J connectivity index is 2.44. The van der Waals surface area contributed by atoms with Crippen LogP contribution in [0.4, 0.5) is 0 Å². The van der Waals surface area contributed by atoms with Gasteiger partial charge in [-0.15, -0.1) is 0 Å². The Morgan fingerprint density at radius 3 is 2.58 bits per heavy atom. The van der Waals surface area contributed by atoms with E-state index in [9.17, 15) is 5.11 Å². The van der Waals surface area contributed by atoms with Crippen molar-refractivity contribution in [2.45, 2.75) is 13.0 Å². The van der Waals surface area contributed by atoms with E-state index in [1.807, 2.05) is 19.1 Å². The molecule has 0 bridgehead atoms. The van der Waals surface area contributed by atoms with Crippen molar-refractivity contribution in [3.05, 3.63) is 41.5 Å². The van der Waals surface area contributed by atoms with Gasteiger partial charge in [-0.3, -0.25) is 4.98 Å². The number of methoxy groups -OCH3 is 2. The lowest BCUT2D eigenvalue weighted by Gasteiger charge is -2.14. The summed E-state index contributed by atoms with van der Waals surface area (Å²) in [7, 11) is 2.95. The standard InChI is InChI=1S/C13H15N3O3/c1-8-5-4-6-14-10(8)12(17)11-13(19-3)16-9(18-2)7-15-11/h4-7,12,17H,1-3H3. The molecule has 2 rings (SSSR count). The quantitative estimate of drug-likeness (QED) is 0.893. The van der Waals surface area contributed by atoms with Crippen molar-refractivity contribution in [2.24, 2.45) is 0 Å². The van der Waals surface area contributed by atoms with Crippen LogP contribution in [0.1, 0.15) is 23.1 Å². The molecule has 0 aliphatic heterocycles. The molecule has 2 aromatic heterocycles. The molecule has 1 atom stereocenters. The zero-order valence-electron chi connectivity index (χ0n) is 11.0. The van der Waals surface area contributed by atoms with Crippen molar-refractivity contribution < 1.29 is 14.6 Å². The highest BCUT2D eigenvalue weighted by Gasteiger charge is 2.21. The van der Waals surface area contributed by atoms with Gasteiger partial charge in [-0.25, -0.2) is 4.98 Å². The maximum atomic E-state index is 10.4. The summed E-state index contributed by atoms with van der Waals surface area (Å²) in [4.78, 5) is 12.4. The minimum Gasteiger partial charge on any atom is -0.480 e. The van der Waals surface area contributed by atoms with Gasteiger partial charge in [-0.05, 0) is 18.6 Å². The number of rotatable bonds is 4. The van der Waals surface area contributed by atoms with Crippen LogP contribution in [0.25, 0.3) is 0 Å². The van der Waals surface area contributed by atoms with Crippen molar-refractivity contribution in [1.29, 1.82) is 0 Å². The molecule has 0 radical (unpaired) electrons. The first-order valence-electron chi connectivity index (χ1n) is 5.72. The maximum Gasteiger partial charge on any atom is 0.241 e. The van der Waals surface area contributed by atoms with Gasteiger partial charge in [0.2, 0.25) is 11.8 Å². The molecule has 1 N–H and O–H groups in total. The molecular formula is C13H15N3O3. The number of aromatic nitrogens is 3. The van der Waals surface area contributed by atoms with Crippen molar-refractivity contribution in [2.75, 3.05) is 14.2 Å². The first-order chi connectivity index (χ1) is 9.17. The fourth-order valence-electron chi connectivity index (χ4n) is 1.72.